The average Bonchev–Trinajstić information content (AvgIpc) is 2.93. The number of aliphatic hydroxyl groups is 2. The van der Waals surface area contributed by atoms with Crippen molar-refractivity contribution in [1.29, 1.82) is 0 Å². The lowest BCUT2D eigenvalue weighted by Crippen LogP contribution is -2.46. The van der Waals surface area contributed by atoms with Gasteiger partial charge in [-0.25, -0.2) is 4.79 Å². The van der Waals surface area contributed by atoms with Gasteiger partial charge in [0.2, 0.25) is 0 Å². The SMILES string of the molecule is C=C1C(=O)O[C@@H]2/C=C(/CO)CC/C=C(/CO)[C@H](OC(C)=O)[C@@H](OC(=O)C(C)C)[C@@H]12. The van der Waals surface area contributed by atoms with E-state index < -0.39 is 54.7 Å². The number of esters is 3. The number of carbonyl (C=O) groups is 3. The minimum Gasteiger partial charge on any atom is -0.457 e. The highest BCUT2D eigenvalue weighted by Gasteiger charge is 2.49. The predicted octanol–water partition coefficient (Wildman–Crippen LogP) is 1.21. The van der Waals surface area contributed by atoms with Crippen molar-refractivity contribution in [2.45, 2.75) is 51.9 Å². The highest BCUT2D eigenvalue weighted by molar-refractivity contribution is 5.91. The quantitative estimate of drug-likeness (QED) is 0.302. The lowest BCUT2D eigenvalue weighted by atomic mass is 9.83. The topological polar surface area (TPSA) is 119 Å². The average molecular weight is 408 g/mol. The minimum atomic E-state index is -1.13. The monoisotopic (exact) mass is 408 g/mol. The number of rotatable bonds is 5. The predicted molar refractivity (Wildman–Crippen MR) is 102 cm³/mol. The van der Waals surface area contributed by atoms with Crippen molar-refractivity contribution in [1.82, 2.24) is 0 Å². The molecule has 8 heteroatoms. The zero-order chi connectivity index (χ0) is 21.7. The van der Waals surface area contributed by atoms with Crippen LogP contribution in [0.15, 0.2) is 35.5 Å². The van der Waals surface area contributed by atoms with Crippen LogP contribution >= 0.6 is 0 Å². The highest BCUT2D eigenvalue weighted by atomic mass is 16.6. The fraction of sp³-hybridized carbons (Fsp3) is 0.571. The van der Waals surface area contributed by atoms with Gasteiger partial charge in [-0.1, -0.05) is 26.5 Å². The summed E-state index contributed by atoms with van der Waals surface area (Å²) in [6, 6.07) is 0. The molecular weight excluding hydrogens is 380 g/mol. The fourth-order valence-corrected chi connectivity index (χ4v) is 3.42. The normalized spacial score (nSPS) is 31.1. The summed E-state index contributed by atoms with van der Waals surface area (Å²) >= 11 is 0. The summed E-state index contributed by atoms with van der Waals surface area (Å²) in [4.78, 5) is 36.5. The van der Waals surface area contributed by atoms with E-state index >= 15 is 0 Å². The van der Waals surface area contributed by atoms with Crippen molar-refractivity contribution >= 4 is 17.9 Å². The molecule has 29 heavy (non-hydrogen) atoms. The van der Waals surface area contributed by atoms with E-state index in [1.807, 2.05) is 0 Å². The molecule has 1 heterocycles. The molecule has 2 N–H and O–H groups in total. The molecule has 0 unspecified atom stereocenters. The van der Waals surface area contributed by atoms with Gasteiger partial charge in [0.15, 0.2) is 12.2 Å². The van der Waals surface area contributed by atoms with E-state index in [2.05, 4.69) is 6.58 Å². The van der Waals surface area contributed by atoms with Crippen molar-refractivity contribution in [2.75, 3.05) is 13.2 Å². The van der Waals surface area contributed by atoms with Crippen LogP contribution < -0.4 is 0 Å². The van der Waals surface area contributed by atoms with E-state index in [0.29, 0.717) is 24.0 Å². The first-order valence-corrected chi connectivity index (χ1v) is 9.57. The second kappa shape index (κ2) is 9.84. The second-order valence-electron chi connectivity index (χ2n) is 7.47. The van der Waals surface area contributed by atoms with Gasteiger partial charge in [0, 0.05) is 12.5 Å². The summed E-state index contributed by atoms with van der Waals surface area (Å²) in [6.07, 6.45) is 1.12. The number of ether oxygens (including phenoxy) is 3. The third kappa shape index (κ3) is 5.33. The number of carbonyl (C=O) groups excluding carboxylic acids is 3. The molecule has 0 saturated carbocycles. The van der Waals surface area contributed by atoms with E-state index in [9.17, 15) is 24.6 Å². The molecule has 0 spiro atoms. The Hall–Kier alpha value is -2.45. The molecule has 1 aliphatic heterocycles. The molecule has 0 radical (unpaired) electrons. The van der Waals surface area contributed by atoms with E-state index in [1.54, 1.807) is 26.0 Å². The Labute approximate surface area is 169 Å². The molecule has 1 saturated heterocycles. The van der Waals surface area contributed by atoms with Crippen LogP contribution in [0.3, 0.4) is 0 Å². The lowest BCUT2D eigenvalue weighted by Gasteiger charge is -2.34. The maximum Gasteiger partial charge on any atom is 0.334 e. The number of allylic oxidation sites excluding steroid dienone is 1. The molecule has 0 bridgehead atoms. The van der Waals surface area contributed by atoms with Gasteiger partial charge in [0.05, 0.1) is 25.0 Å². The van der Waals surface area contributed by atoms with Crippen LogP contribution in [0.4, 0.5) is 0 Å². The van der Waals surface area contributed by atoms with Gasteiger partial charge in [0.1, 0.15) is 6.10 Å². The summed E-state index contributed by atoms with van der Waals surface area (Å²) < 4.78 is 16.5. The second-order valence-corrected chi connectivity index (χ2v) is 7.47. The van der Waals surface area contributed by atoms with Gasteiger partial charge < -0.3 is 24.4 Å². The van der Waals surface area contributed by atoms with Crippen molar-refractivity contribution in [2.24, 2.45) is 11.8 Å². The molecule has 1 fully saturated rings. The molecule has 8 nitrogen and oxygen atoms in total. The van der Waals surface area contributed by atoms with Crippen LogP contribution in [0.1, 0.15) is 33.6 Å². The third-order valence-electron chi connectivity index (χ3n) is 4.95. The zero-order valence-electron chi connectivity index (χ0n) is 16.9. The Bertz CT molecular complexity index is 733. The van der Waals surface area contributed by atoms with Crippen molar-refractivity contribution in [3.05, 3.63) is 35.5 Å². The van der Waals surface area contributed by atoms with Crippen molar-refractivity contribution < 1.29 is 38.8 Å². The first-order chi connectivity index (χ1) is 13.7. The van der Waals surface area contributed by atoms with Crippen LogP contribution in [-0.4, -0.2) is 59.6 Å². The molecular formula is C21H28O8. The minimum absolute atomic E-state index is 0.0695. The molecule has 2 aliphatic rings. The van der Waals surface area contributed by atoms with Crippen LogP contribution in [0, 0.1) is 11.8 Å². The number of fused-ring (bicyclic) bond motifs is 1. The van der Waals surface area contributed by atoms with E-state index in [-0.39, 0.29) is 12.2 Å². The highest BCUT2D eigenvalue weighted by Crippen LogP contribution is 2.37. The Morgan fingerprint density at radius 1 is 1.28 bits per heavy atom. The first kappa shape index (κ1) is 22.8. The van der Waals surface area contributed by atoms with Crippen molar-refractivity contribution in [3.8, 4) is 0 Å². The number of aliphatic hydroxyl groups excluding tert-OH is 2. The fourth-order valence-electron chi connectivity index (χ4n) is 3.42. The van der Waals surface area contributed by atoms with Crippen molar-refractivity contribution in [3.63, 3.8) is 0 Å². The Kier molecular flexibility index (Phi) is 7.75. The van der Waals surface area contributed by atoms with E-state index in [1.165, 1.54) is 6.92 Å². The van der Waals surface area contributed by atoms with Crippen LogP contribution in [-0.2, 0) is 28.6 Å². The van der Waals surface area contributed by atoms with Gasteiger partial charge in [-0.2, -0.15) is 0 Å². The third-order valence-corrected chi connectivity index (χ3v) is 4.95. The van der Waals surface area contributed by atoms with Crippen LogP contribution in [0.2, 0.25) is 0 Å². The molecule has 0 aromatic carbocycles. The van der Waals surface area contributed by atoms with Gasteiger partial charge in [-0.15, -0.1) is 0 Å². The molecule has 160 valence electrons. The van der Waals surface area contributed by atoms with Crippen LogP contribution in [0.5, 0.6) is 0 Å². The summed E-state index contributed by atoms with van der Waals surface area (Å²) in [6.45, 7) is 7.62. The smallest absolute Gasteiger partial charge is 0.334 e. The van der Waals surface area contributed by atoms with Gasteiger partial charge in [-0.3, -0.25) is 9.59 Å². The summed E-state index contributed by atoms with van der Waals surface area (Å²) in [5, 5.41) is 19.6. The number of hydrogen-bond donors (Lipinski definition) is 2. The maximum atomic E-state index is 12.4. The van der Waals surface area contributed by atoms with E-state index in [0.717, 1.165) is 0 Å². The van der Waals surface area contributed by atoms with Crippen LogP contribution in [0.25, 0.3) is 0 Å². The Balaban J connectivity index is 2.62. The largest absolute Gasteiger partial charge is 0.457 e. The Morgan fingerprint density at radius 3 is 2.52 bits per heavy atom. The van der Waals surface area contributed by atoms with Gasteiger partial charge >= 0.3 is 17.9 Å². The Morgan fingerprint density at radius 2 is 1.97 bits per heavy atom. The molecule has 0 aromatic rings. The molecule has 0 aromatic heterocycles. The molecule has 4 atom stereocenters. The summed E-state index contributed by atoms with van der Waals surface area (Å²) in [7, 11) is 0. The molecule has 1 aliphatic carbocycles. The molecule has 2 rings (SSSR count). The summed E-state index contributed by atoms with van der Waals surface area (Å²) in [5.41, 5.74) is 1.04. The summed E-state index contributed by atoms with van der Waals surface area (Å²) in [5.74, 6) is -3.16. The standard InChI is InChI=1S/C21H28O8/c1-11(2)20(25)29-19-17-12(3)21(26)28-16(17)8-14(9-22)6-5-7-15(10-23)18(19)27-13(4)24/h7-8,11,16-19,22-23H,3,5-6,9-10H2,1-2,4H3/b14-8+,15-7-/t16-,17+,18+,19+/m1/s1. The maximum absolute atomic E-state index is 12.4. The van der Waals surface area contributed by atoms with E-state index in [4.69, 9.17) is 14.2 Å². The van der Waals surface area contributed by atoms with Gasteiger partial charge in [0.25, 0.3) is 0 Å². The first-order valence-electron chi connectivity index (χ1n) is 9.57. The van der Waals surface area contributed by atoms with Gasteiger partial charge in [-0.05, 0) is 30.1 Å². The lowest BCUT2D eigenvalue weighted by molar-refractivity contribution is -0.171. The molecule has 0 amide bonds. The zero-order valence-corrected chi connectivity index (χ0v) is 16.9. The number of hydrogen-bond acceptors (Lipinski definition) is 8.